The Morgan fingerprint density at radius 1 is 1.17 bits per heavy atom. The van der Waals surface area contributed by atoms with Gasteiger partial charge in [0, 0.05) is 12.1 Å². The number of sulfonamides is 1. The number of primary sulfonamides is 1. The fraction of sp³-hybridized carbons (Fsp3) is 0.476. The van der Waals surface area contributed by atoms with Gasteiger partial charge >= 0.3 is 0 Å². The van der Waals surface area contributed by atoms with Gasteiger partial charge in [-0.05, 0) is 48.4 Å². The van der Waals surface area contributed by atoms with Gasteiger partial charge in [0.1, 0.15) is 6.04 Å². The summed E-state index contributed by atoms with van der Waals surface area (Å²) in [7, 11) is -3.84. The molecule has 0 aromatic heterocycles. The zero-order chi connectivity index (χ0) is 22.2. The van der Waals surface area contributed by atoms with Gasteiger partial charge in [0.2, 0.25) is 27.7 Å². The number of likely N-dealkylation sites (tertiary alicyclic amines) is 1. The molecular weight excluding hydrogens is 406 g/mol. The van der Waals surface area contributed by atoms with Crippen LogP contribution >= 0.6 is 0 Å². The number of benzene rings is 1. The molecule has 30 heavy (non-hydrogen) atoms. The number of hydrogen-bond donors (Lipinski definition) is 2. The van der Waals surface area contributed by atoms with Gasteiger partial charge in [-0.15, -0.1) is 0 Å². The Bertz CT molecular complexity index is 984. The van der Waals surface area contributed by atoms with E-state index in [4.69, 9.17) is 5.14 Å². The second-order valence-corrected chi connectivity index (χ2v) is 9.98. The van der Waals surface area contributed by atoms with Crippen LogP contribution in [-0.4, -0.2) is 37.1 Å². The summed E-state index contributed by atoms with van der Waals surface area (Å²) in [4.78, 5) is 39.8. The molecule has 4 atom stereocenters. The van der Waals surface area contributed by atoms with Crippen molar-refractivity contribution in [3.8, 4) is 0 Å². The lowest BCUT2D eigenvalue weighted by atomic mass is 9.89. The van der Waals surface area contributed by atoms with E-state index in [0.717, 1.165) is 11.3 Å². The molecule has 3 N–H and O–H groups in total. The number of nitrogens with zero attached hydrogens (tertiary/aromatic N) is 1. The molecule has 1 fully saturated rings. The normalized spacial score (nSPS) is 25.2. The van der Waals surface area contributed by atoms with E-state index in [0.29, 0.717) is 11.6 Å². The fourth-order valence-corrected chi connectivity index (χ4v) is 4.70. The Hall–Kier alpha value is -2.52. The molecule has 4 unspecified atom stereocenters. The van der Waals surface area contributed by atoms with Gasteiger partial charge in [0.25, 0.3) is 0 Å². The van der Waals surface area contributed by atoms with Gasteiger partial charge in [0.05, 0.1) is 10.8 Å². The van der Waals surface area contributed by atoms with Crippen LogP contribution in [0.5, 0.6) is 0 Å². The van der Waals surface area contributed by atoms with Crippen LogP contribution in [0.15, 0.2) is 41.3 Å². The quantitative estimate of drug-likeness (QED) is 0.523. The van der Waals surface area contributed by atoms with Crippen LogP contribution in [0.2, 0.25) is 0 Å². The average molecular weight is 434 g/mol. The number of amides is 3. The predicted molar refractivity (Wildman–Crippen MR) is 111 cm³/mol. The number of carbonyl (C=O) groups is 3. The zero-order valence-corrected chi connectivity index (χ0v) is 18.1. The van der Waals surface area contributed by atoms with E-state index in [1.54, 1.807) is 13.8 Å². The van der Waals surface area contributed by atoms with E-state index < -0.39 is 27.9 Å². The Balaban J connectivity index is 1.78. The summed E-state index contributed by atoms with van der Waals surface area (Å²) in [6.07, 6.45) is 5.00. The molecule has 1 aromatic rings. The van der Waals surface area contributed by atoms with Crippen molar-refractivity contribution in [3.63, 3.8) is 0 Å². The van der Waals surface area contributed by atoms with Crippen molar-refractivity contribution in [2.75, 3.05) is 5.32 Å². The minimum absolute atomic E-state index is 0.0167. The van der Waals surface area contributed by atoms with Crippen LogP contribution in [0.4, 0.5) is 5.69 Å². The third-order valence-electron chi connectivity index (χ3n) is 5.69. The van der Waals surface area contributed by atoms with Crippen LogP contribution in [0.3, 0.4) is 0 Å². The molecule has 162 valence electrons. The molecule has 1 aliphatic carbocycles. The van der Waals surface area contributed by atoms with Crippen molar-refractivity contribution in [2.45, 2.75) is 44.6 Å². The second-order valence-electron chi connectivity index (χ2n) is 8.42. The molecule has 1 saturated heterocycles. The van der Waals surface area contributed by atoms with Crippen LogP contribution in [0, 0.1) is 23.7 Å². The molecular formula is C21H27N3O5S. The number of hydrogen-bond acceptors (Lipinski definition) is 5. The first-order chi connectivity index (χ1) is 14.0. The first-order valence-electron chi connectivity index (χ1n) is 9.97. The Kier molecular flexibility index (Phi) is 6.14. The predicted octanol–water partition coefficient (Wildman–Crippen LogP) is 1.88. The maximum Gasteiger partial charge on any atom is 0.247 e. The van der Waals surface area contributed by atoms with E-state index in [-0.39, 0.29) is 35.0 Å². The molecule has 1 aliphatic heterocycles. The summed E-state index contributed by atoms with van der Waals surface area (Å²) >= 11 is 0. The van der Waals surface area contributed by atoms with Crippen molar-refractivity contribution < 1.29 is 22.8 Å². The number of nitrogens with one attached hydrogen (secondary N) is 1. The summed E-state index contributed by atoms with van der Waals surface area (Å²) < 4.78 is 22.7. The molecule has 9 heteroatoms. The van der Waals surface area contributed by atoms with E-state index in [9.17, 15) is 22.8 Å². The number of allylic oxidation sites excluding steroid dienone is 2. The zero-order valence-electron chi connectivity index (χ0n) is 17.2. The Morgan fingerprint density at radius 2 is 1.80 bits per heavy atom. The summed E-state index contributed by atoms with van der Waals surface area (Å²) in [6.45, 7) is 5.63. The molecule has 8 nitrogen and oxygen atoms in total. The van der Waals surface area contributed by atoms with Crippen molar-refractivity contribution >= 4 is 33.4 Å². The highest BCUT2D eigenvalue weighted by atomic mass is 32.2. The van der Waals surface area contributed by atoms with Gasteiger partial charge < -0.3 is 5.32 Å². The highest BCUT2D eigenvalue weighted by molar-refractivity contribution is 7.89. The minimum atomic E-state index is -3.84. The van der Waals surface area contributed by atoms with Gasteiger partial charge in [-0.25, -0.2) is 13.6 Å². The molecule has 2 aliphatic rings. The number of nitrogens with two attached hydrogens (primary N) is 1. The van der Waals surface area contributed by atoms with Gasteiger partial charge in [0.15, 0.2) is 0 Å². The number of rotatable bonds is 6. The van der Waals surface area contributed by atoms with Crippen molar-refractivity contribution in [3.05, 3.63) is 36.4 Å². The maximum atomic E-state index is 13.1. The smallest absolute Gasteiger partial charge is 0.247 e. The molecule has 1 aromatic carbocycles. The molecule has 3 amide bonds. The van der Waals surface area contributed by atoms with Crippen LogP contribution in [0.25, 0.3) is 0 Å². The van der Waals surface area contributed by atoms with Crippen LogP contribution in [-0.2, 0) is 24.4 Å². The Morgan fingerprint density at radius 3 is 2.30 bits per heavy atom. The summed E-state index contributed by atoms with van der Waals surface area (Å²) in [5, 5.41) is 7.76. The van der Waals surface area contributed by atoms with Crippen molar-refractivity contribution in [1.82, 2.24) is 4.90 Å². The van der Waals surface area contributed by atoms with E-state index >= 15 is 0 Å². The first kappa shape index (κ1) is 22.2. The molecule has 0 bridgehead atoms. The van der Waals surface area contributed by atoms with E-state index in [1.807, 2.05) is 6.08 Å². The largest absolute Gasteiger partial charge is 0.324 e. The number of carbonyl (C=O) groups excluding carboxylic acids is 3. The fourth-order valence-electron chi connectivity index (χ4n) is 4.18. The highest BCUT2D eigenvalue weighted by Gasteiger charge is 2.48. The Labute approximate surface area is 176 Å². The lowest BCUT2D eigenvalue weighted by molar-refractivity contribution is -0.147. The number of imide groups is 1. The lowest BCUT2D eigenvalue weighted by Crippen LogP contribution is -2.50. The molecule has 0 radical (unpaired) electrons. The average Bonchev–Trinajstić information content (AvgIpc) is 3.19. The summed E-state index contributed by atoms with van der Waals surface area (Å²) in [5.74, 6) is -1.47. The SMILES string of the molecule is CC1C=CC(C2CC(=O)N(C(C(=O)Nc3ccc(S(N)(=O)=O)cc3)C(C)C)C2=O)C1. The maximum absolute atomic E-state index is 13.1. The van der Waals surface area contributed by atoms with Crippen LogP contribution in [0.1, 0.15) is 33.6 Å². The summed E-state index contributed by atoms with van der Waals surface area (Å²) in [5.41, 5.74) is 0.348. The van der Waals surface area contributed by atoms with Gasteiger partial charge in [-0.3, -0.25) is 19.3 Å². The van der Waals surface area contributed by atoms with E-state index in [1.165, 1.54) is 24.3 Å². The second kappa shape index (κ2) is 8.31. The molecule has 1 heterocycles. The summed E-state index contributed by atoms with van der Waals surface area (Å²) in [6, 6.07) is 4.44. The number of anilines is 1. The topological polar surface area (TPSA) is 127 Å². The molecule has 3 rings (SSSR count). The van der Waals surface area contributed by atoms with Gasteiger partial charge in [-0.1, -0.05) is 32.9 Å². The first-order valence-corrected chi connectivity index (χ1v) is 11.5. The monoisotopic (exact) mass is 433 g/mol. The standard InChI is InChI=1S/C21H27N3O5S/c1-12(2)19(20(26)23-15-6-8-16(9-7-15)30(22,28)29)24-18(25)11-17(21(24)27)14-5-4-13(3)10-14/h4-9,12-14,17,19H,10-11H2,1-3H3,(H,23,26)(H2,22,28,29). The van der Waals surface area contributed by atoms with E-state index in [2.05, 4.69) is 18.3 Å². The minimum Gasteiger partial charge on any atom is -0.324 e. The van der Waals surface area contributed by atoms with Crippen molar-refractivity contribution in [2.24, 2.45) is 28.8 Å². The third-order valence-corrected chi connectivity index (χ3v) is 6.62. The van der Waals surface area contributed by atoms with Crippen LogP contribution < -0.4 is 10.5 Å². The molecule has 0 saturated carbocycles. The van der Waals surface area contributed by atoms with Crippen molar-refractivity contribution in [1.29, 1.82) is 0 Å². The third kappa shape index (κ3) is 4.46. The lowest BCUT2D eigenvalue weighted by Gasteiger charge is -2.29. The molecule has 0 spiro atoms. The highest BCUT2D eigenvalue weighted by Crippen LogP contribution is 2.37. The van der Waals surface area contributed by atoms with Gasteiger partial charge in [-0.2, -0.15) is 0 Å².